The maximum Gasteiger partial charge on any atom is 0.316 e. The molecule has 1 aromatic heterocycles. The van der Waals surface area contributed by atoms with Crippen LogP contribution in [-0.4, -0.2) is 28.9 Å². The standard InChI is InChI=1S/C9H11NO3S/c1-13-9(12)6-14-8-3-2-7(5-11)4-10-8/h2-4,11H,5-6H2,1H3. The summed E-state index contributed by atoms with van der Waals surface area (Å²) in [6, 6.07) is 3.53. The lowest BCUT2D eigenvalue weighted by Gasteiger charge is -2.00. The Kier molecular flexibility index (Phi) is 4.42. The van der Waals surface area contributed by atoms with Crippen molar-refractivity contribution in [2.45, 2.75) is 11.6 Å². The van der Waals surface area contributed by atoms with E-state index in [-0.39, 0.29) is 18.3 Å². The topological polar surface area (TPSA) is 59.4 Å². The second kappa shape index (κ2) is 5.62. The van der Waals surface area contributed by atoms with Crippen LogP contribution in [0.15, 0.2) is 23.4 Å². The fraction of sp³-hybridized carbons (Fsp3) is 0.333. The molecule has 0 saturated carbocycles. The van der Waals surface area contributed by atoms with E-state index in [2.05, 4.69) is 9.72 Å². The predicted molar refractivity (Wildman–Crippen MR) is 52.9 cm³/mol. The number of hydrogen-bond acceptors (Lipinski definition) is 5. The number of hydrogen-bond donors (Lipinski definition) is 1. The highest BCUT2D eigenvalue weighted by Gasteiger charge is 2.02. The number of aliphatic hydroxyl groups excluding tert-OH is 1. The quantitative estimate of drug-likeness (QED) is 0.593. The summed E-state index contributed by atoms with van der Waals surface area (Å²) >= 11 is 1.31. The molecule has 0 amide bonds. The molecule has 1 N–H and O–H groups in total. The minimum absolute atomic E-state index is 0.0189. The Morgan fingerprint density at radius 3 is 2.93 bits per heavy atom. The first-order chi connectivity index (χ1) is 6.76. The molecule has 0 fully saturated rings. The predicted octanol–water partition coefficient (Wildman–Crippen LogP) is 0.839. The molecule has 0 aliphatic heterocycles. The smallest absolute Gasteiger partial charge is 0.316 e. The third-order valence-corrected chi connectivity index (χ3v) is 2.46. The van der Waals surface area contributed by atoms with Gasteiger partial charge in [0, 0.05) is 6.20 Å². The minimum Gasteiger partial charge on any atom is -0.468 e. The van der Waals surface area contributed by atoms with Crippen molar-refractivity contribution < 1.29 is 14.6 Å². The SMILES string of the molecule is COC(=O)CSc1ccc(CO)cn1. The van der Waals surface area contributed by atoms with E-state index < -0.39 is 0 Å². The molecule has 0 unspecified atom stereocenters. The largest absolute Gasteiger partial charge is 0.468 e. The molecule has 0 aromatic carbocycles. The minimum atomic E-state index is -0.275. The molecule has 5 heteroatoms. The van der Waals surface area contributed by atoms with Gasteiger partial charge in [0.05, 0.1) is 24.5 Å². The second-order valence-corrected chi connectivity index (χ2v) is 3.52. The fourth-order valence-corrected chi connectivity index (χ4v) is 1.46. The summed E-state index contributed by atoms with van der Waals surface area (Å²) in [5, 5.41) is 9.51. The number of aliphatic hydroxyl groups is 1. The van der Waals surface area contributed by atoms with Crippen LogP contribution in [0.2, 0.25) is 0 Å². The molecule has 0 bridgehead atoms. The van der Waals surface area contributed by atoms with Crippen molar-refractivity contribution >= 4 is 17.7 Å². The summed E-state index contributed by atoms with van der Waals surface area (Å²) < 4.78 is 4.49. The van der Waals surface area contributed by atoms with Crippen LogP contribution in [0, 0.1) is 0 Å². The van der Waals surface area contributed by atoms with Gasteiger partial charge in [0.2, 0.25) is 0 Å². The molecule has 1 heterocycles. The Morgan fingerprint density at radius 2 is 2.43 bits per heavy atom. The molecule has 14 heavy (non-hydrogen) atoms. The lowest BCUT2D eigenvalue weighted by Crippen LogP contribution is -2.03. The molecule has 1 rings (SSSR count). The van der Waals surface area contributed by atoms with E-state index in [0.717, 1.165) is 10.6 Å². The molecule has 0 atom stereocenters. The summed E-state index contributed by atoms with van der Waals surface area (Å²) in [5.74, 6) is -0.0230. The maximum atomic E-state index is 10.8. The summed E-state index contributed by atoms with van der Waals surface area (Å²) in [6.45, 7) is -0.0189. The van der Waals surface area contributed by atoms with Gasteiger partial charge >= 0.3 is 5.97 Å². The van der Waals surface area contributed by atoms with E-state index >= 15 is 0 Å². The molecule has 0 aliphatic carbocycles. The normalized spacial score (nSPS) is 9.86. The first-order valence-corrected chi connectivity index (χ1v) is 5.00. The van der Waals surface area contributed by atoms with Gasteiger partial charge in [-0.05, 0) is 11.6 Å². The Bertz CT molecular complexity index is 299. The van der Waals surface area contributed by atoms with Gasteiger partial charge < -0.3 is 9.84 Å². The van der Waals surface area contributed by atoms with Gasteiger partial charge in [0.25, 0.3) is 0 Å². The number of carbonyl (C=O) groups is 1. The van der Waals surface area contributed by atoms with Gasteiger partial charge in [0.15, 0.2) is 0 Å². The van der Waals surface area contributed by atoms with Gasteiger partial charge in [0.1, 0.15) is 0 Å². The zero-order valence-corrected chi connectivity index (χ0v) is 8.58. The van der Waals surface area contributed by atoms with Gasteiger partial charge in [-0.3, -0.25) is 4.79 Å². The van der Waals surface area contributed by atoms with E-state index in [4.69, 9.17) is 5.11 Å². The van der Waals surface area contributed by atoms with E-state index in [9.17, 15) is 4.79 Å². The van der Waals surface area contributed by atoms with Crippen LogP contribution in [0.4, 0.5) is 0 Å². The Morgan fingerprint density at radius 1 is 1.64 bits per heavy atom. The number of methoxy groups -OCH3 is 1. The highest BCUT2D eigenvalue weighted by molar-refractivity contribution is 7.99. The number of rotatable bonds is 4. The molecule has 0 saturated heterocycles. The van der Waals surface area contributed by atoms with Crippen molar-refractivity contribution in [1.82, 2.24) is 4.98 Å². The zero-order chi connectivity index (χ0) is 10.4. The number of pyridine rings is 1. The van der Waals surface area contributed by atoms with Gasteiger partial charge in [-0.2, -0.15) is 0 Å². The van der Waals surface area contributed by atoms with E-state index in [0.29, 0.717) is 0 Å². The van der Waals surface area contributed by atoms with Crippen LogP contribution in [0.5, 0.6) is 0 Å². The monoisotopic (exact) mass is 213 g/mol. The summed E-state index contributed by atoms with van der Waals surface area (Å²) in [4.78, 5) is 14.8. The lowest BCUT2D eigenvalue weighted by atomic mass is 10.3. The van der Waals surface area contributed by atoms with Gasteiger partial charge in [-0.25, -0.2) is 4.98 Å². The molecule has 4 nitrogen and oxygen atoms in total. The van der Waals surface area contributed by atoms with Gasteiger partial charge in [-0.15, -0.1) is 0 Å². The summed E-state index contributed by atoms with van der Waals surface area (Å²) in [5.41, 5.74) is 0.757. The van der Waals surface area contributed by atoms with Crippen molar-refractivity contribution in [1.29, 1.82) is 0 Å². The average Bonchev–Trinajstić information content (AvgIpc) is 2.26. The third-order valence-electron chi connectivity index (χ3n) is 1.55. The van der Waals surface area contributed by atoms with Crippen LogP contribution in [0.25, 0.3) is 0 Å². The molecular weight excluding hydrogens is 202 g/mol. The Labute approximate surface area is 86.3 Å². The molecule has 76 valence electrons. The maximum absolute atomic E-state index is 10.8. The summed E-state index contributed by atoms with van der Waals surface area (Å²) in [6.07, 6.45) is 1.58. The number of carbonyl (C=O) groups excluding carboxylic acids is 1. The van der Waals surface area contributed by atoms with Crippen LogP contribution >= 0.6 is 11.8 Å². The zero-order valence-electron chi connectivity index (χ0n) is 7.77. The van der Waals surface area contributed by atoms with E-state index in [1.165, 1.54) is 18.9 Å². The van der Waals surface area contributed by atoms with Crippen LogP contribution in [-0.2, 0) is 16.1 Å². The van der Waals surface area contributed by atoms with Crippen LogP contribution < -0.4 is 0 Å². The van der Waals surface area contributed by atoms with E-state index in [1.54, 1.807) is 18.3 Å². The number of esters is 1. The Balaban J connectivity index is 2.47. The average molecular weight is 213 g/mol. The van der Waals surface area contributed by atoms with E-state index in [1.807, 2.05) is 0 Å². The molecular formula is C9H11NO3S. The first kappa shape index (κ1) is 11.0. The van der Waals surface area contributed by atoms with Crippen molar-refractivity contribution in [2.75, 3.05) is 12.9 Å². The lowest BCUT2D eigenvalue weighted by molar-refractivity contribution is -0.137. The number of nitrogens with zero attached hydrogens (tertiary/aromatic N) is 1. The first-order valence-electron chi connectivity index (χ1n) is 4.01. The fourth-order valence-electron chi connectivity index (χ4n) is 0.782. The molecule has 1 aromatic rings. The van der Waals surface area contributed by atoms with Crippen molar-refractivity contribution in [2.24, 2.45) is 0 Å². The van der Waals surface area contributed by atoms with Crippen molar-refractivity contribution in [3.8, 4) is 0 Å². The van der Waals surface area contributed by atoms with Crippen LogP contribution in [0.3, 0.4) is 0 Å². The summed E-state index contributed by atoms with van der Waals surface area (Å²) in [7, 11) is 1.35. The Hall–Kier alpha value is -1.07. The number of thioether (sulfide) groups is 1. The molecule has 0 radical (unpaired) electrons. The molecule has 0 spiro atoms. The highest BCUT2D eigenvalue weighted by Crippen LogP contribution is 2.15. The van der Waals surface area contributed by atoms with Crippen molar-refractivity contribution in [3.63, 3.8) is 0 Å². The highest BCUT2D eigenvalue weighted by atomic mass is 32.2. The number of aromatic nitrogens is 1. The number of ether oxygens (including phenoxy) is 1. The second-order valence-electron chi connectivity index (χ2n) is 2.53. The van der Waals surface area contributed by atoms with Gasteiger partial charge in [-0.1, -0.05) is 17.8 Å². The van der Waals surface area contributed by atoms with Crippen molar-refractivity contribution in [3.05, 3.63) is 23.9 Å². The molecule has 0 aliphatic rings. The third kappa shape index (κ3) is 3.35. The van der Waals surface area contributed by atoms with Crippen LogP contribution in [0.1, 0.15) is 5.56 Å².